The van der Waals surface area contributed by atoms with Gasteiger partial charge in [0.05, 0.1) is 0 Å². The Morgan fingerprint density at radius 1 is 1.14 bits per heavy atom. The molecule has 0 unspecified atom stereocenters. The van der Waals surface area contributed by atoms with Gasteiger partial charge in [-0.3, -0.25) is 4.79 Å². The van der Waals surface area contributed by atoms with E-state index < -0.39 is 0 Å². The second-order valence-corrected chi connectivity index (χ2v) is 9.10. The maximum atomic E-state index is 12.0. The summed E-state index contributed by atoms with van der Waals surface area (Å²) in [5.74, 6) is 0.835. The third-order valence-electron chi connectivity index (χ3n) is 6.95. The molecule has 4 heteroatoms. The van der Waals surface area contributed by atoms with E-state index in [1.165, 1.54) is 44.1 Å². The number of carbonyl (C=O) groups is 1. The molecule has 0 radical (unpaired) electrons. The van der Waals surface area contributed by atoms with Gasteiger partial charge in [-0.15, -0.1) is 0 Å². The van der Waals surface area contributed by atoms with Crippen LogP contribution in [0.5, 0.6) is 0 Å². The Kier molecular flexibility index (Phi) is 8.31. The predicted molar refractivity (Wildman–Crippen MR) is 122 cm³/mol. The van der Waals surface area contributed by atoms with Gasteiger partial charge >= 0.3 is 0 Å². The average molecular weight is 398 g/mol. The minimum atomic E-state index is -0.00789. The topological polar surface area (TPSA) is 35.6 Å². The smallest absolute Gasteiger partial charge is 0.244 e. The number of nitrogens with zero attached hydrogens (tertiary/aromatic N) is 2. The van der Waals surface area contributed by atoms with Crippen LogP contribution < -0.4 is 5.32 Å². The van der Waals surface area contributed by atoms with Crippen molar-refractivity contribution < 1.29 is 4.79 Å². The summed E-state index contributed by atoms with van der Waals surface area (Å²) in [7, 11) is 2.35. The minimum absolute atomic E-state index is 0.00789. The van der Waals surface area contributed by atoms with Crippen molar-refractivity contribution in [2.75, 3.05) is 33.2 Å². The molecule has 3 rings (SSSR count). The molecular formula is C25H39N3O. The zero-order valence-electron chi connectivity index (χ0n) is 18.6. The first kappa shape index (κ1) is 22.0. The van der Waals surface area contributed by atoms with Crippen LogP contribution in [0.1, 0.15) is 56.6 Å². The zero-order valence-corrected chi connectivity index (χ0v) is 18.6. The van der Waals surface area contributed by atoms with Crippen molar-refractivity contribution in [3.8, 4) is 0 Å². The number of hydrogen-bond acceptors (Lipinski definition) is 3. The second-order valence-electron chi connectivity index (χ2n) is 9.10. The Hall–Kier alpha value is -1.65. The van der Waals surface area contributed by atoms with Gasteiger partial charge in [-0.05, 0) is 70.3 Å². The van der Waals surface area contributed by atoms with Gasteiger partial charge in [0.15, 0.2) is 0 Å². The molecule has 2 atom stereocenters. The number of piperidine rings is 1. The van der Waals surface area contributed by atoms with Crippen LogP contribution in [0.25, 0.3) is 6.08 Å². The van der Waals surface area contributed by atoms with E-state index in [1.54, 1.807) is 6.08 Å². The van der Waals surface area contributed by atoms with Crippen LogP contribution in [0.4, 0.5) is 0 Å². The standard InChI is InChI=1S/C25H39N3O/c1-20-8-10-22(11-9-20)12-13-25(29)26-16-19-28-17-14-23(15-18-28)27(3)24-7-5-4-6-21(24)2/h8-13,21,23-24H,4-7,14-19H2,1-3H3,(H,26,29)/b13-12+/t21-,24+/m0/s1. The molecule has 1 N–H and O–H groups in total. The Balaban J connectivity index is 1.33. The van der Waals surface area contributed by atoms with Crippen molar-refractivity contribution in [2.24, 2.45) is 5.92 Å². The molecule has 1 aromatic rings. The van der Waals surface area contributed by atoms with Crippen LogP contribution in [0.2, 0.25) is 0 Å². The van der Waals surface area contributed by atoms with Crippen molar-refractivity contribution in [3.05, 3.63) is 41.5 Å². The molecule has 1 saturated heterocycles. The largest absolute Gasteiger partial charge is 0.351 e. The van der Waals surface area contributed by atoms with Crippen LogP contribution in [0.15, 0.2) is 30.3 Å². The van der Waals surface area contributed by atoms with Gasteiger partial charge in [0.25, 0.3) is 0 Å². The lowest BCUT2D eigenvalue weighted by atomic mass is 9.84. The van der Waals surface area contributed by atoms with E-state index in [2.05, 4.69) is 48.1 Å². The molecule has 1 aromatic carbocycles. The van der Waals surface area contributed by atoms with Crippen molar-refractivity contribution in [3.63, 3.8) is 0 Å². The van der Waals surface area contributed by atoms with Crippen LogP contribution in [0.3, 0.4) is 0 Å². The summed E-state index contributed by atoms with van der Waals surface area (Å²) in [6, 6.07) is 9.70. The number of nitrogens with one attached hydrogen (secondary N) is 1. The maximum Gasteiger partial charge on any atom is 0.244 e. The second kappa shape index (κ2) is 10.9. The van der Waals surface area contributed by atoms with Crippen LogP contribution >= 0.6 is 0 Å². The lowest BCUT2D eigenvalue weighted by Crippen LogP contribution is -2.50. The van der Waals surface area contributed by atoms with E-state index in [9.17, 15) is 4.79 Å². The summed E-state index contributed by atoms with van der Waals surface area (Å²) in [6.45, 7) is 8.46. The summed E-state index contributed by atoms with van der Waals surface area (Å²) in [4.78, 5) is 17.2. The SMILES string of the molecule is Cc1ccc(/C=C/C(=O)NCCN2CCC(N(C)[C@@H]3CCCC[C@@H]3C)CC2)cc1. The van der Waals surface area contributed by atoms with Crippen molar-refractivity contribution in [1.29, 1.82) is 0 Å². The van der Waals surface area contributed by atoms with Gasteiger partial charge < -0.3 is 15.1 Å². The Bertz CT molecular complexity index is 661. The van der Waals surface area contributed by atoms with E-state index in [1.807, 2.05) is 18.2 Å². The lowest BCUT2D eigenvalue weighted by Gasteiger charge is -2.44. The Morgan fingerprint density at radius 2 is 1.83 bits per heavy atom. The first-order chi connectivity index (χ1) is 14.0. The minimum Gasteiger partial charge on any atom is -0.351 e. The fraction of sp³-hybridized carbons (Fsp3) is 0.640. The molecule has 0 spiro atoms. The van der Waals surface area contributed by atoms with Crippen molar-refractivity contribution in [2.45, 2.75) is 64.5 Å². The van der Waals surface area contributed by atoms with Crippen molar-refractivity contribution in [1.82, 2.24) is 15.1 Å². The van der Waals surface area contributed by atoms with Crippen LogP contribution in [-0.2, 0) is 4.79 Å². The molecule has 29 heavy (non-hydrogen) atoms. The molecule has 4 nitrogen and oxygen atoms in total. The highest BCUT2D eigenvalue weighted by molar-refractivity contribution is 5.91. The summed E-state index contributed by atoms with van der Waals surface area (Å²) in [6.07, 6.45) is 11.6. The van der Waals surface area contributed by atoms with E-state index in [0.29, 0.717) is 0 Å². The van der Waals surface area contributed by atoms with Gasteiger partial charge in [-0.25, -0.2) is 0 Å². The highest BCUT2D eigenvalue weighted by Gasteiger charge is 2.31. The molecule has 2 fully saturated rings. The summed E-state index contributed by atoms with van der Waals surface area (Å²) < 4.78 is 0. The monoisotopic (exact) mass is 397 g/mol. The van der Waals surface area contributed by atoms with Gasteiger partial charge in [0.1, 0.15) is 0 Å². The van der Waals surface area contributed by atoms with E-state index in [4.69, 9.17) is 0 Å². The quantitative estimate of drug-likeness (QED) is 0.704. The molecule has 2 aliphatic rings. The summed E-state index contributed by atoms with van der Waals surface area (Å²) >= 11 is 0. The average Bonchev–Trinajstić information content (AvgIpc) is 2.74. The fourth-order valence-corrected chi connectivity index (χ4v) is 4.97. The summed E-state index contributed by atoms with van der Waals surface area (Å²) in [5.41, 5.74) is 2.29. The van der Waals surface area contributed by atoms with Crippen LogP contribution in [-0.4, -0.2) is 61.0 Å². The molecular weight excluding hydrogens is 358 g/mol. The number of benzene rings is 1. The highest BCUT2D eigenvalue weighted by Crippen LogP contribution is 2.30. The maximum absolute atomic E-state index is 12.0. The number of rotatable bonds is 7. The molecule has 1 heterocycles. The molecule has 1 aliphatic carbocycles. The number of carbonyl (C=O) groups excluding carboxylic acids is 1. The molecule has 0 bridgehead atoms. The molecule has 1 aliphatic heterocycles. The summed E-state index contributed by atoms with van der Waals surface area (Å²) in [5, 5.41) is 3.03. The Morgan fingerprint density at radius 3 is 2.52 bits per heavy atom. The number of aryl methyl sites for hydroxylation is 1. The number of amides is 1. The third kappa shape index (κ3) is 6.68. The number of hydrogen-bond donors (Lipinski definition) is 1. The van der Waals surface area contributed by atoms with Gasteiger partial charge in [0, 0.05) is 31.2 Å². The highest BCUT2D eigenvalue weighted by atomic mass is 16.1. The first-order valence-corrected chi connectivity index (χ1v) is 11.5. The van der Waals surface area contributed by atoms with Crippen LogP contribution in [0, 0.1) is 12.8 Å². The first-order valence-electron chi connectivity index (χ1n) is 11.5. The van der Waals surface area contributed by atoms with E-state index in [-0.39, 0.29) is 5.91 Å². The zero-order chi connectivity index (χ0) is 20.6. The molecule has 160 valence electrons. The van der Waals surface area contributed by atoms with Gasteiger partial charge in [0.2, 0.25) is 5.91 Å². The molecule has 1 amide bonds. The molecule has 1 saturated carbocycles. The Labute approximate surface area is 177 Å². The third-order valence-corrected chi connectivity index (χ3v) is 6.95. The lowest BCUT2D eigenvalue weighted by molar-refractivity contribution is -0.116. The molecule has 0 aromatic heterocycles. The van der Waals surface area contributed by atoms with E-state index in [0.717, 1.165) is 49.7 Å². The van der Waals surface area contributed by atoms with Gasteiger partial charge in [-0.1, -0.05) is 49.6 Å². The van der Waals surface area contributed by atoms with Crippen molar-refractivity contribution >= 4 is 12.0 Å². The number of likely N-dealkylation sites (tertiary alicyclic amines) is 1. The predicted octanol–water partition coefficient (Wildman–Crippen LogP) is 4.10. The van der Waals surface area contributed by atoms with E-state index >= 15 is 0 Å². The fourth-order valence-electron chi connectivity index (χ4n) is 4.97. The van der Waals surface area contributed by atoms with Gasteiger partial charge in [-0.2, -0.15) is 0 Å². The normalized spacial score (nSPS) is 24.3.